The molecular weight excluding hydrogens is 887 g/mol. The normalized spacial score (nSPS) is 15.8. The maximum atomic E-state index is 13.9. The number of Topliss-reactive ketones (excluding diaryl/α,β-unsaturated/α-hetero) is 1. The quantitative estimate of drug-likeness (QED) is 0.0669. The molecule has 0 aliphatic carbocycles. The Morgan fingerprint density at radius 3 is 1.54 bits per heavy atom. The van der Waals surface area contributed by atoms with E-state index in [2.05, 4.69) is 32.2 Å². The second-order valence-corrected chi connectivity index (χ2v) is 16.8. The van der Waals surface area contributed by atoms with Gasteiger partial charge in [0.1, 0.15) is 15.7 Å². The molecule has 0 radical (unpaired) electrons. The Bertz CT molecular complexity index is 2620. The molecular formula is C48H42F6N6O3S2. The molecule has 336 valence electrons. The Labute approximate surface area is 380 Å². The molecule has 0 bridgehead atoms. The van der Waals surface area contributed by atoms with Crippen LogP contribution in [0.15, 0.2) is 125 Å². The maximum Gasteiger partial charge on any atom is 0.454 e. The van der Waals surface area contributed by atoms with Crippen molar-refractivity contribution in [3.8, 4) is 22.5 Å². The number of benzene rings is 4. The summed E-state index contributed by atoms with van der Waals surface area (Å²) in [4.78, 5) is 30.6. The first-order chi connectivity index (χ1) is 31.2. The van der Waals surface area contributed by atoms with Gasteiger partial charge in [-0.1, -0.05) is 97.1 Å². The van der Waals surface area contributed by atoms with E-state index in [0.717, 1.165) is 65.2 Å². The second-order valence-electron chi connectivity index (χ2n) is 15.1. The first kappa shape index (κ1) is 48.4. The molecule has 4 heterocycles. The lowest BCUT2D eigenvalue weighted by atomic mass is 9.80. The van der Waals surface area contributed by atoms with Crippen LogP contribution < -0.4 is 5.73 Å². The predicted octanol–water partition coefficient (Wildman–Crippen LogP) is 12.3. The average molecular weight is 929 g/mol. The lowest BCUT2D eigenvalue weighted by Gasteiger charge is -2.34. The van der Waals surface area contributed by atoms with Gasteiger partial charge in [-0.25, -0.2) is 19.7 Å². The molecule has 2 aliphatic heterocycles. The van der Waals surface area contributed by atoms with Gasteiger partial charge in [0.2, 0.25) is 0 Å². The van der Waals surface area contributed by atoms with Gasteiger partial charge >= 0.3 is 12.4 Å². The van der Waals surface area contributed by atoms with Crippen molar-refractivity contribution in [3.63, 3.8) is 0 Å². The molecule has 2 fully saturated rings. The number of carbonyl (C=O) groups excluding carboxylic acids is 1. The van der Waals surface area contributed by atoms with Crippen LogP contribution in [0.1, 0.15) is 51.6 Å². The summed E-state index contributed by atoms with van der Waals surface area (Å²) in [5, 5.41) is 6.02. The number of aromatic nitrogens is 2. The molecule has 6 aromatic rings. The van der Waals surface area contributed by atoms with E-state index in [0.29, 0.717) is 32.6 Å². The van der Waals surface area contributed by atoms with Crippen molar-refractivity contribution >= 4 is 45.5 Å². The van der Waals surface area contributed by atoms with Crippen LogP contribution in [-0.4, -0.2) is 73.3 Å². The highest BCUT2D eigenvalue weighted by Gasteiger charge is 2.42. The Hall–Kier alpha value is -6.08. The van der Waals surface area contributed by atoms with Gasteiger partial charge in [-0.15, -0.1) is 22.7 Å². The fourth-order valence-electron chi connectivity index (χ4n) is 7.16. The number of hydrogen-bond acceptors (Lipinski definition) is 9. The van der Waals surface area contributed by atoms with Crippen molar-refractivity contribution in [1.29, 1.82) is 0 Å². The van der Waals surface area contributed by atoms with E-state index in [1.165, 1.54) is 53.3 Å². The number of alkyl halides is 6. The van der Waals surface area contributed by atoms with E-state index in [1.807, 2.05) is 53.9 Å². The van der Waals surface area contributed by atoms with E-state index in [-0.39, 0.29) is 28.9 Å². The molecule has 0 atom stereocenters. The molecule has 2 aromatic heterocycles. The minimum absolute atomic E-state index is 0.0140. The van der Waals surface area contributed by atoms with Gasteiger partial charge in [-0.3, -0.25) is 9.79 Å². The first-order valence-corrected chi connectivity index (χ1v) is 22.0. The Kier molecular flexibility index (Phi) is 16.2. The van der Waals surface area contributed by atoms with Crippen LogP contribution in [0.4, 0.5) is 37.7 Å². The zero-order valence-corrected chi connectivity index (χ0v) is 36.4. The van der Waals surface area contributed by atoms with Crippen LogP contribution in [0.5, 0.6) is 0 Å². The summed E-state index contributed by atoms with van der Waals surface area (Å²) >= 11 is 3.18. The number of halogens is 6. The van der Waals surface area contributed by atoms with Crippen molar-refractivity contribution in [2.75, 3.05) is 39.5 Å². The number of carbonyl (C=O) groups is 1. The van der Waals surface area contributed by atoms with E-state index in [1.54, 1.807) is 11.3 Å². The first-order valence-electron chi connectivity index (χ1n) is 20.3. The number of rotatable bonds is 9. The van der Waals surface area contributed by atoms with Gasteiger partial charge < -0.3 is 15.2 Å². The predicted molar refractivity (Wildman–Crippen MR) is 241 cm³/mol. The van der Waals surface area contributed by atoms with E-state index in [9.17, 15) is 31.1 Å². The summed E-state index contributed by atoms with van der Waals surface area (Å²) in [6, 6.07) is 30.0. The molecule has 2 saturated heterocycles. The zero-order valence-electron chi connectivity index (χ0n) is 34.7. The number of nitrogens with two attached hydrogens (primary N) is 1. The van der Waals surface area contributed by atoms with Crippen molar-refractivity contribution < 1.29 is 40.6 Å². The highest BCUT2D eigenvalue weighted by Crippen LogP contribution is 2.40. The van der Waals surface area contributed by atoms with Crippen LogP contribution in [0.25, 0.3) is 32.2 Å². The largest absolute Gasteiger partial charge is 0.454 e. The fourth-order valence-corrected chi connectivity index (χ4v) is 9.35. The summed E-state index contributed by atoms with van der Waals surface area (Å²) in [6.07, 6.45) is -6.47. The molecule has 9 nitrogen and oxygen atoms in total. The number of nitrogens with zero attached hydrogens (tertiary/aromatic N) is 5. The molecule has 0 amide bonds. The maximum absolute atomic E-state index is 13.9. The number of aliphatic imine (C=N–C) groups is 1. The van der Waals surface area contributed by atoms with E-state index >= 15 is 0 Å². The Morgan fingerprint density at radius 2 is 1.09 bits per heavy atom. The second kappa shape index (κ2) is 21.7. The van der Waals surface area contributed by atoms with Gasteiger partial charge in [-0.05, 0) is 43.4 Å². The lowest BCUT2D eigenvalue weighted by molar-refractivity contribution is -0.0885. The molecule has 17 heteroatoms. The SMILES string of the molecule is NCC1(c2nc(-c3ccccc3)cs2)CCOCC1.[C-]#[N+]c1cccc(C(=NCC2(c3nc(-c4ccccc4)cs3)CCOCC2)C(F)(F)F)c1.[C-]#[N+]c1cccc(C(=O)C(F)(F)F)c1. The number of thiazole rings is 2. The molecule has 0 spiro atoms. The van der Waals surface area contributed by atoms with E-state index in [4.69, 9.17) is 38.3 Å². The van der Waals surface area contributed by atoms with Gasteiger partial charge in [-0.2, -0.15) is 26.3 Å². The number of hydrogen-bond donors (Lipinski definition) is 1. The Morgan fingerprint density at radius 1 is 0.646 bits per heavy atom. The smallest absolute Gasteiger partial charge is 0.381 e. The molecule has 0 unspecified atom stereocenters. The molecule has 8 rings (SSSR count). The van der Waals surface area contributed by atoms with Gasteiger partial charge in [0.05, 0.1) is 31.1 Å². The van der Waals surface area contributed by atoms with Crippen molar-refractivity contribution in [2.24, 2.45) is 10.7 Å². The van der Waals surface area contributed by atoms with Gasteiger partial charge in [0.25, 0.3) is 5.78 Å². The average Bonchev–Trinajstić information content (AvgIpc) is 4.05. The zero-order chi connectivity index (χ0) is 46.5. The topological polar surface area (TPSA) is 108 Å². The number of ether oxygens (including phenoxy) is 2. The van der Waals surface area contributed by atoms with Crippen molar-refractivity contribution in [1.82, 2.24) is 9.97 Å². The fraction of sp³-hybridized carbons (Fsp3) is 0.292. The summed E-state index contributed by atoms with van der Waals surface area (Å²) in [6.45, 7) is 16.7. The van der Waals surface area contributed by atoms with Crippen molar-refractivity contribution in [3.05, 3.63) is 164 Å². The monoisotopic (exact) mass is 928 g/mol. The van der Waals surface area contributed by atoms with E-state index < -0.39 is 34.8 Å². The summed E-state index contributed by atoms with van der Waals surface area (Å²) < 4.78 is 88.5. The minimum atomic E-state index is -4.89. The lowest BCUT2D eigenvalue weighted by Crippen LogP contribution is -2.40. The third-order valence-electron chi connectivity index (χ3n) is 10.9. The third kappa shape index (κ3) is 12.4. The molecule has 0 saturated carbocycles. The van der Waals surface area contributed by atoms with Crippen LogP contribution >= 0.6 is 22.7 Å². The third-order valence-corrected chi connectivity index (χ3v) is 13.1. The van der Waals surface area contributed by atoms with Crippen LogP contribution in [0.3, 0.4) is 0 Å². The molecule has 65 heavy (non-hydrogen) atoms. The molecule has 2 aliphatic rings. The number of ketones is 1. The van der Waals surface area contributed by atoms with Crippen LogP contribution in [0, 0.1) is 13.1 Å². The highest BCUT2D eigenvalue weighted by molar-refractivity contribution is 7.10. The van der Waals surface area contributed by atoms with Gasteiger partial charge in [0, 0.05) is 71.3 Å². The summed E-state index contributed by atoms with van der Waals surface area (Å²) in [5.74, 6) is -1.93. The van der Waals surface area contributed by atoms with Crippen LogP contribution in [-0.2, 0) is 20.3 Å². The standard InChI is InChI=1S/C24H20F3N3OS.C15H18N2OS.C9H4F3NO/c1-28-19-9-5-8-18(14-19)21(24(25,26)27)29-16-23(10-12-31-13-11-23)22-30-20(15-32-22)17-6-3-2-4-7-17;16-11-15(6-8-18-9-7-15)14-17-13(10-19-14)12-4-2-1-3-5-12;1-13-7-4-2-3-6(5-7)8(14)9(10,11)12/h2-9,14-15H,10-13,16H2;1-5,10H,6-9,11,16H2;2-5H. The summed E-state index contributed by atoms with van der Waals surface area (Å²) in [7, 11) is 0. The van der Waals surface area contributed by atoms with Crippen LogP contribution in [0.2, 0.25) is 0 Å². The molecule has 4 aromatic carbocycles. The van der Waals surface area contributed by atoms with Gasteiger partial charge in [0.15, 0.2) is 11.4 Å². The minimum Gasteiger partial charge on any atom is -0.381 e. The summed E-state index contributed by atoms with van der Waals surface area (Å²) in [5.41, 5.74) is 8.02. The Balaban J connectivity index is 0.000000179. The molecule has 2 N–H and O–H groups in total. The van der Waals surface area contributed by atoms with Crippen molar-refractivity contribution in [2.45, 2.75) is 48.9 Å². The highest BCUT2D eigenvalue weighted by atomic mass is 32.1.